The summed E-state index contributed by atoms with van der Waals surface area (Å²) in [5.41, 5.74) is 0.219. The molecule has 1 N–H and O–H groups in total. The monoisotopic (exact) mass is 390 g/mol. The number of nitrogens with one attached hydrogen (secondary N) is 1. The van der Waals surface area contributed by atoms with E-state index in [1.165, 1.54) is 56.4 Å². The summed E-state index contributed by atoms with van der Waals surface area (Å²) in [4.78, 5) is 16.5. The highest BCUT2D eigenvalue weighted by Gasteiger charge is 2.60. The maximum absolute atomic E-state index is 12.9. The number of hydrogen-bond acceptors (Lipinski definition) is 5. The number of carbonyl (C=O) groups excluding carboxylic acids is 1. The maximum atomic E-state index is 12.9. The van der Waals surface area contributed by atoms with Crippen molar-refractivity contribution in [3.05, 3.63) is 29.1 Å². The first kappa shape index (κ1) is 16.7. The van der Waals surface area contributed by atoms with Gasteiger partial charge in [0.1, 0.15) is 0 Å². The van der Waals surface area contributed by atoms with Crippen LogP contribution in [-0.2, 0) is 9.84 Å². The van der Waals surface area contributed by atoms with Crippen LogP contribution < -0.4 is 5.32 Å². The second-order valence-electron chi connectivity index (χ2n) is 7.96. The summed E-state index contributed by atoms with van der Waals surface area (Å²) in [5, 5.41) is 4.26. The highest BCUT2D eigenvalue weighted by Crippen LogP contribution is 2.53. The van der Waals surface area contributed by atoms with Crippen molar-refractivity contribution < 1.29 is 13.2 Å². The molecule has 0 radical (unpaired) electrons. The number of benzene rings is 1. The second-order valence-corrected chi connectivity index (χ2v) is 11.1. The van der Waals surface area contributed by atoms with Crippen LogP contribution in [0.2, 0.25) is 0 Å². The van der Waals surface area contributed by atoms with E-state index in [0.717, 1.165) is 10.1 Å². The molecule has 4 fully saturated rings. The standard InChI is InChI=1S/C19H22N2O3S2/c1-26(23,24)14-3-2-13-10-16(25-15(13)11-14)18(22)20-17-12-4-8-21(9-5-12)19(17)6-7-19/h2-3,10-12,17H,4-9H2,1H3,(H,20,22)/t17-/m1/s1. The molecule has 1 spiro atoms. The van der Waals surface area contributed by atoms with E-state index in [1.807, 2.05) is 6.07 Å². The Labute approximate surface area is 157 Å². The minimum absolute atomic E-state index is 0.0165. The van der Waals surface area contributed by atoms with Crippen LogP contribution >= 0.6 is 11.3 Å². The van der Waals surface area contributed by atoms with E-state index < -0.39 is 9.84 Å². The molecule has 0 unspecified atom stereocenters. The van der Waals surface area contributed by atoms with Crippen molar-refractivity contribution in [2.24, 2.45) is 5.92 Å². The Morgan fingerprint density at radius 2 is 1.96 bits per heavy atom. The normalized spacial score (nSPS) is 29.2. The van der Waals surface area contributed by atoms with Crippen molar-refractivity contribution in [2.75, 3.05) is 19.3 Å². The van der Waals surface area contributed by atoms with Crippen LogP contribution in [0.15, 0.2) is 29.2 Å². The lowest BCUT2D eigenvalue weighted by molar-refractivity contribution is -0.00138. The third kappa shape index (κ3) is 2.52. The molecule has 7 heteroatoms. The van der Waals surface area contributed by atoms with Crippen molar-refractivity contribution in [3.63, 3.8) is 0 Å². The summed E-state index contributed by atoms with van der Waals surface area (Å²) in [6, 6.07) is 7.20. The molecule has 1 aromatic carbocycles. The van der Waals surface area contributed by atoms with Gasteiger partial charge in [0.05, 0.1) is 15.8 Å². The van der Waals surface area contributed by atoms with Gasteiger partial charge >= 0.3 is 0 Å². The molecule has 1 amide bonds. The van der Waals surface area contributed by atoms with Gasteiger partial charge in [0.2, 0.25) is 0 Å². The molecule has 2 bridgehead atoms. The zero-order chi connectivity index (χ0) is 18.1. The minimum atomic E-state index is -3.24. The number of thiophene rings is 1. The van der Waals surface area contributed by atoms with E-state index in [2.05, 4.69) is 10.2 Å². The Kier molecular flexibility index (Phi) is 3.56. The van der Waals surface area contributed by atoms with E-state index in [9.17, 15) is 13.2 Å². The van der Waals surface area contributed by atoms with Crippen LogP contribution in [0.5, 0.6) is 0 Å². The van der Waals surface area contributed by atoms with Gasteiger partial charge in [-0.15, -0.1) is 11.3 Å². The first-order valence-electron chi connectivity index (χ1n) is 9.16. The molecule has 4 heterocycles. The fourth-order valence-electron chi connectivity index (χ4n) is 4.89. The largest absolute Gasteiger partial charge is 0.346 e. The van der Waals surface area contributed by atoms with Gasteiger partial charge in [-0.25, -0.2) is 8.42 Å². The average molecular weight is 391 g/mol. The summed E-state index contributed by atoms with van der Waals surface area (Å²) < 4.78 is 24.3. The molecule has 138 valence electrons. The Morgan fingerprint density at radius 1 is 1.23 bits per heavy atom. The number of sulfone groups is 1. The van der Waals surface area contributed by atoms with E-state index in [1.54, 1.807) is 18.2 Å². The fourth-order valence-corrected chi connectivity index (χ4v) is 6.61. The van der Waals surface area contributed by atoms with Crippen molar-refractivity contribution >= 4 is 37.2 Å². The number of piperidine rings is 3. The number of carbonyl (C=O) groups is 1. The molecule has 5 nitrogen and oxygen atoms in total. The molecular weight excluding hydrogens is 368 g/mol. The van der Waals surface area contributed by atoms with Crippen LogP contribution in [0.1, 0.15) is 35.4 Å². The van der Waals surface area contributed by atoms with Crippen LogP contribution in [0, 0.1) is 5.92 Å². The first-order chi connectivity index (χ1) is 12.4. The van der Waals surface area contributed by atoms with Crippen LogP contribution in [0.4, 0.5) is 0 Å². The van der Waals surface area contributed by atoms with Crippen molar-refractivity contribution in [1.29, 1.82) is 0 Å². The average Bonchev–Trinajstić information content (AvgIpc) is 3.26. The topological polar surface area (TPSA) is 66.5 Å². The van der Waals surface area contributed by atoms with Gasteiger partial charge in [-0.2, -0.15) is 0 Å². The summed E-state index contributed by atoms with van der Waals surface area (Å²) in [6.07, 6.45) is 5.95. The second kappa shape index (κ2) is 5.53. The number of amides is 1. The van der Waals surface area contributed by atoms with E-state index >= 15 is 0 Å². The number of fused-ring (bicyclic) bond motifs is 3. The number of hydrogen-bond donors (Lipinski definition) is 1. The van der Waals surface area contributed by atoms with Gasteiger partial charge in [0.25, 0.3) is 5.91 Å². The summed E-state index contributed by atoms with van der Waals surface area (Å²) >= 11 is 1.37. The van der Waals surface area contributed by atoms with Crippen molar-refractivity contribution in [1.82, 2.24) is 10.2 Å². The fraction of sp³-hybridized carbons (Fsp3) is 0.526. The Morgan fingerprint density at radius 3 is 2.62 bits per heavy atom. The molecule has 4 aliphatic rings. The smallest absolute Gasteiger partial charge is 0.261 e. The molecule has 6 rings (SSSR count). The quantitative estimate of drug-likeness (QED) is 0.875. The molecule has 1 aromatic heterocycles. The predicted molar refractivity (Wildman–Crippen MR) is 102 cm³/mol. The van der Waals surface area contributed by atoms with Crippen LogP contribution in [-0.4, -0.2) is 50.2 Å². The van der Waals surface area contributed by atoms with Crippen molar-refractivity contribution in [2.45, 2.75) is 42.2 Å². The molecule has 3 aliphatic heterocycles. The lowest BCUT2D eigenvalue weighted by Gasteiger charge is -2.52. The zero-order valence-electron chi connectivity index (χ0n) is 14.7. The molecule has 2 aromatic rings. The van der Waals surface area contributed by atoms with Crippen molar-refractivity contribution in [3.8, 4) is 0 Å². The van der Waals surface area contributed by atoms with Crippen LogP contribution in [0.25, 0.3) is 10.1 Å². The van der Waals surface area contributed by atoms with E-state index in [4.69, 9.17) is 0 Å². The molecule has 1 aliphatic carbocycles. The minimum Gasteiger partial charge on any atom is -0.346 e. The van der Waals surface area contributed by atoms with Gasteiger partial charge in [0, 0.05) is 16.5 Å². The van der Waals surface area contributed by atoms with Gasteiger partial charge < -0.3 is 5.32 Å². The Bertz CT molecular complexity index is 999. The summed E-state index contributed by atoms with van der Waals surface area (Å²) in [7, 11) is -3.24. The Hall–Kier alpha value is -1.44. The summed E-state index contributed by atoms with van der Waals surface area (Å²) in [6.45, 7) is 2.35. The number of rotatable bonds is 3. The van der Waals surface area contributed by atoms with Gasteiger partial charge in [-0.1, -0.05) is 6.07 Å². The molecular formula is C19H22N2O3S2. The highest BCUT2D eigenvalue weighted by molar-refractivity contribution is 7.90. The van der Waals surface area contributed by atoms with E-state index in [-0.39, 0.29) is 17.5 Å². The van der Waals surface area contributed by atoms with Gasteiger partial charge in [-0.3, -0.25) is 9.69 Å². The third-order valence-electron chi connectivity index (χ3n) is 6.41. The SMILES string of the molecule is CS(=O)(=O)c1ccc2cc(C(=O)N[C@@H]3C4CCN(CC4)C34CC4)sc2c1. The zero-order valence-corrected chi connectivity index (χ0v) is 16.3. The molecule has 1 atom stereocenters. The lowest BCUT2D eigenvalue weighted by atomic mass is 9.77. The predicted octanol–water partition coefficient (Wildman–Crippen LogP) is 2.66. The third-order valence-corrected chi connectivity index (χ3v) is 8.62. The van der Waals surface area contributed by atoms with Crippen LogP contribution in [0.3, 0.4) is 0 Å². The first-order valence-corrected chi connectivity index (χ1v) is 11.9. The maximum Gasteiger partial charge on any atom is 0.261 e. The highest BCUT2D eigenvalue weighted by atomic mass is 32.2. The number of nitrogens with zero attached hydrogens (tertiary/aromatic N) is 1. The van der Waals surface area contributed by atoms with Gasteiger partial charge in [0.15, 0.2) is 9.84 Å². The summed E-state index contributed by atoms with van der Waals surface area (Å²) in [5.74, 6) is 0.579. The van der Waals surface area contributed by atoms with E-state index in [0.29, 0.717) is 15.7 Å². The molecule has 1 saturated carbocycles. The van der Waals surface area contributed by atoms with Gasteiger partial charge in [-0.05, 0) is 68.3 Å². The molecule has 3 saturated heterocycles. The lowest BCUT2D eigenvalue weighted by Crippen LogP contribution is -2.65. The Balaban J connectivity index is 1.42. The molecule has 26 heavy (non-hydrogen) atoms.